The van der Waals surface area contributed by atoms with Crippen LogP contribution in [0.15, 0.2) is 0 Å². The lowest BCUT2D eigenvalue weighted by atomic mass is 10.3. The summed E-state index contributed by atoms with van der Waals surface area (Å²) in [6.45, 7) is 1.55. The first-order valence-corrected chi connectivity index (χ1v) is 5.35. The van der Waals surface area contributed by atoms with Crippen molar-refractivity contribution in [2.75, 3.05) is 13.1 Å². The number of amides is 1. The molecule has 0 aromatic heterocycles. The van der Waals surface area contributed by atoms with Gasteiger partial charge in [-0.2, -0.15) is 4.20 Å². The highest BCUT2D eigenvalue weighted by molar-refractivity contribution is 7.26. The fourth-order valence-electron chi connectivity index (χ4n) is 1.43. The van der Waals surface area contributed by atoms with Gasteiger partial charge in [-0.15, -0.1) is 0 Å². The van der Waals surface area contributed by atoms with Crippen molar-refractivity contribution < 1.29 is 18.3 Å². The van der Waals surface area contributed by atoms with Crippen LogP contribution in [0.3, 0.4) is 0 Å². The summed E-state index contributed by atoms with van der Waals surface area (Å²) in [5, 5.41) is 0. The molecule has 1 saturated heterocycles. The van der Waals surface area contributed by atoms with Crippen molar-refractivity contribution in [1.82, 2.24) is 4.90 Å². The van der Waals surface area contributed by atoms with Crippen LogP contribution in [0.5, 0.6) is 0 Å². The van der Waals surface area contributed by atoms with Gasteiger partial charge in [-0.25, -0.2) is 0 Å². The van der Waals surface area contributed by atoms with Gasteiger partial charge in [-0.3, -0.25) is 9.59 Å². The molecule has 0 aromatic rings. The molecule has 14 heavy (non-hydrogen) atoms. The van der Waals surface area contributed by atoms with Crippen LogP contribution in [0.25, 0.3) is 0 Å². The molecule has 1 rings (SSSR count). The molecular weight excluding hydrogens is 208 g/mol. The lowest BCUT2D eigenvalue weighted by molar-refractivity contribution is -0.138. The van der Waals surface area contributed by atoms with Crippen molar-refractivity contribution in [1.29, 1.82) is 0 Å². The summed E-state index contributed by atoms with van der Waals surface area (Å²) < 4.78 is 15.7. The molecule has 0 spiro atoms. The lowest BCUT2D eigenvalue weighted by Crippen LogP contribution is -2.27. The second-order valence-corrected chi connectivity index (χ2v) is 3.50. The van der Waals surface area contributed by atoms with E-state index in [1.54, 1.807) is 4.90 Å². The van der Waals surface area contributed by atoms with Gasteiger partial charge in [0.25, 0.3) is 9.12 Å². The van der Waals surface area contributed by atoms with E-state index in [2.05, 4.69) is 4.52 Å². The van der Waals surface area contributed by atoms with Gasteiger partial charge >= 0.3 is 5.97 Å². The Labute approximate surface area is 83.8 Å². The van der Waals surface area contributed by atoms with Crippen LogP contribution in [-0.2, 0) is 14.1 Å². The number of rotatable bonds is 4. The van der Waals surface area contributed by atoms with Crippen LogP contribution in [0.2, 0.25) is 0 Å². The Morgan fingerprint density at radius 2 is 1.93 bits per heavy atom. The molecule has 6 heteroatoms. The normalized spacial score (nSPS) is 16.5. The maximum absolute atomic E-state index is 11.6. The van der Waals surface area contributed by atoms with Crippen molar-refractivity contribution in [2.45, 2.75) is 25.7 Å². The molecule has 1 aliphatic rings. The molecule has 80 valence electrons. The van der Waals surface area contributed by atoms with E-state index in [4.69, 9.17) is 0 Å². The quantitative estimate of drug-likeness (QED) is 0.674. The molecule has 1 heterocycles. The first-order chi connectivity index (χ1) is 6.74. The van der Waals surface area contributed by atoms with E-state index >= 15 is 0 Å². The smallest absolute Gasteiger partial charge is 0.310 e. The second-order valence-electron chi connectivity index (χ2n) is 3.14. The van der Waals surface area contributed by atoms with Gasteiger partial charge in [0.05, 0.1) is 6.42 Å². The molecule has 0 radical (unpaired) electrons. The van der Waals surface area contributed by atoms with Gasteiger partial charge in [0.1, 0.15) is 0 Å². The van der Waals surface area contributed by atoms with Crippen molar-refractivity contribution in [3.05, 3.63) is 0 Å². The first-order valence-electron chi connectivity index (χ1n) is 4.57. The lowest BCUT2D eigenvalue weighted by Gasteiger charge is -2.14. The van der Waals surface area contributed by atoms with Crippen molar-refractivity contribution >= 4 is 21.0 Å². The largest absolute Gasteiger partial charge is 0.415 e. The second kappa shape index (κ2) is 5.91. The minimum atomic E-state index is -1.33. The SMILES string of the molecule is O=C(CCC(=O)N1CCCC1)OPF. The van der Waals surface area contributed by atoms with Crippen LogP contribution in [-0.4, -0.2) is 29.9 Å². The number of hydrogen-bond donors (Lipinski definition) is 0. The van der Waals surface area contributed by atoms with Crippen molar-refractivity contribution in [3.63, 3.8) is 0 Å². The summed E-state index contributed by atoms with van der Waals surface area (Å²) in [5.41, 5.74) is 0. The third-order valence-corrected chi connectivity index (χ3v) is 2.46. The van der Waals surface area contributed by atoms with E-state index in [0.717, 1.165) is 25.9 Å². The first kappa shape index (κ1) is 11.4. The fraction of sp³-hybridized carbons (Fsp3) is 0.750. The van der Waals surface area contributed by atoms with E-state index in [1.807, 2.05) is 0 Å². The van der Waals surface area contributed by atoms with E-state index in [1.165, 1.54) is 0 Å². The molecule has 1 aliphatic heterocycles. The highest BCUT2D eigenvalue weighted by atomic mass is 31.1. The molecule has 0 aromatic carbocycles. The Morgan fingerprint density at radius 1 is 1.29 bits per heavy atom. The zero-order chi connectivity index (χ0) is 10.4. The Morgan fingerprint density at radius 3 is 2.50 bits per heavy atom. The van der Waals surface area contributed by atoms with Gasteiger partial charge < -0.3 is 9.42 Å². The van der Waals surface area contributed by atoms with Gasteiger partial charge in [0, 0.05) is 19.5 Å². The van der Waals surface area contributed by atoms with Gasteiger partial charge in [-0.05, 0) is 12.8 Å². The molecular formula is C8H13FNO3P. The number of halogens is 1. The Hall–Kier alpha value is -0.700. The number of nitrogens with zero attached hydrogens (tertiary/aromatic N) is 1. The molecule has 4 nitrogen and oxygen atoms in total. The minimum Gasteiger partial charge on any atom is -0.415 e. The van der Waals surface area contributed by atoms with Crippen LogP contribution >= 0.6 is 9.12 Å². The molecule has 1 amide bonds. The predicted octanol–water partition coefficient (Wildman–Crippen LogP) is 1.41. The summed E-state index contributed by atoms with van der Waals surface area (Å²) in [5.74, 6) is -0.681. The zero-order valence-electron chi connectivity index (χ0n) is 7.79. The Kier molecular flexibility index (Phi) is 4.80. The summed E-state index contributed by atoms with van der Waals surface area (Å²) in [7, 11) is -1.33. The fourth-order valence-corrected chi connectivity index (χ4v) is 1.62. The average Bonchev–Trinajstić information content (AvgIpc) is 2.67. The van der Waals surface area contributed by atoms with Gasteiger partial charge in [0.15, 0.2) is 0 Å². The van der Waals surface area contributed by atoms with Crippen LogP contribution in [0, 0.1) is 0 Å². The highest BCUT2D eigenvalue weighted by Gasteiger charge is 2.18. The van der Waals surface area contributed by atoms with Crippen molar-refractivity contribution in [3.8, 4) is 0 Å². The topological polar surface area (TPSA) is 46.6 Å². The van der Waals surface area contributed by atoms with Crippen LogP contribution < -0.4 is 0 Å². The van der Waals surface area contributed by atoms with E-state index < -0.39 is 15.1 Å². The summed E-state index contributed by atoms with van der Waals surface area (Å²) in [6.07, 6.45) is 2.17. The standard InChI is InChI=1S/C8H13FNO3P/c9-14-13-8(12)4-3-7(11)10-5-1-2-6-10/h14H,1-6H2. The Balaban J connectivity index is 2.17. The zero-order valence-corrected chi connectivity index (χ0v) is 8.79. The molecule has 1 atom stereocenters. The molecule has 1 fully saturated rings. The summed E-state index contributed by atoms with van der Waals surface area (Å²) in [4.78, 5) is 23.8. The van der Waals surface area contributed by atoms with Gasteiger partial charge in [0.2, 0.25) is 5.91 Å². The average molecular weight is 221 g/mol. The van der Waals surface area contributed by atoms with Crippen molar-refractivity contribution in [2.24, 2.45) is 0 Å². The minimum absolute atomic E-state index is 0.0216. The van der Waals surface area contributed by atoms with E-state index in [9.17, 15) is 13.8 Å². The summed E-state index contributed by atoms with van der Waals surface area (Å²) in [6, 6.07) is 0. The Bertz CT molecular complexity index is 219. The third-order valence-electron chi connectivity index (χ3n) is 2.15. The molecule has 0 bridgehead atoms. The molecule has 0 aliphatic carbocycles. The maximum Gasteiger partial charge on any atom is 0.310 e. The van der Waals surface area contributed by atoms with E-state index in [0.29, 0.717) is 0 Å². The van der Waals surface area contributed by atoms with Crippen LogP contribution in [0.4, 0.5) is 4.20 Å². The molecule has 1 unspecified atom stereocenters. The third kappa shape index (κ3) is 3.58. The predicted molar refractivity (Wildman–Crippen MR) is 50.6 cm³/mol. The molecule has 0 N–H and O–H groups in total. The monoisotopic (exact) mass is 221 g/mol. The van der Waals surface area contributed by atoms with E-state index in [-0.39, 0.29) is 18.7 Å². The maximum atomic E-state index is 11.6. The number of carbonyl (C=O) groups is 2. The highest BCUT2D eigenvalue weighted by Crippen LogP contribution is 2.15. The summed E-state index contributed by atoms with van der Waals surface area (Å²) >= 11 is 0. The number of carbonyl (C=O) groups excluding carboxylic acids is 2. The number of likely N-dealkylation sites (tertiary alicyclic amines) is 1. The molecule has 0 saturated carbocycles. The van der Waals surface area contributed by atoms with Gasteiger partial charge in [-0.1, -0.05) is 0 Å². The van der Waals surface area contributed by atoms with Crippen LogP contribution in [0.1, 0.15) is 25.7 Å². The number of hydrogen-bond acceptors (Lipinski definition) is 3.